The Kier molecular flexibility index (Phi) is 2.61. The summed E-state index contributed by atoms with van der Waals surface area (Å²) in [7, 11) is 0. The molecule has 0 bridgehead atoms. The molecular weight excluding hydrogens is 196 g/mol. The average Bonchev–Trinajstić information content (AvgIpc) is 2.19. The Balaban J connectivity index is 3.45. The number of aliphatic hydroxyl groups is 1. The van der Waals surface area contributed by atoms with Gasteiger partial charge in [-0.05, 0) is 18.6 Å². The quantitative estimate of drug-likeness (QED) is 0.341. The van der Waals surface area contributed by atoms with Gasteiger partial charge in [0, 0.05) is 11.1 Å². The lowest BCUT2D eigenvalue weighted by atomic mass is 10.0. The minimum atomic E-state index is -0.632. The highest BCUT2D eigenvalue weighted by Crippen LogP contribution is 2.42. The molecule has 1 aromatic carbocycles. The third-order valence-corrected chi connectivity index (χ3v) is 2.11. The fourth-order valence-electron chi connectivity index (χ4n) is 1.17. The molecule has 4 nitrogen and oxygen atoms in total. The SMILES string of the molecule is C=C(O)C(=C)c1cc(C)c(O)c(O)c1O. The van der Waals surface area contributed by atoms with Gasteiger partial charge in [0.1, 0.15) is 5.76 Å². The van der Waals surface area contributed by atoms with Crippen LogP contribution in [-0.2, 0) is 0 Å². The summed E-state index contributed by atoms with van der Waals surface area (Å²) in [6, 6.07) is 1.40. The predicted octanol–water partition coefficient (Wildman–Crippen LogP) is 2.20. The van der Waals surface area contributed by atoms with E-state index in [1.165, 1.54) is 6.07 Å². The number of aryl methyl sites for hydroxylation is 1. The van der Waals surface area contributed by atoms with Crippen molar-refractivity contribution in [2.75, 3.05) is 0 Å². The minimum Gasteiger partial charge on any atom is -0.508 e. The molecule has 0 aliphatic heterocycles. The Bertz CT molecular complexity index is 446. The van der Waals surface area contributed by atoms with Crippen LogP contribution in [0.1, 0.15) is 11.1 Å². The molecule has 0 saturated heterocycles. The average molecular weight is 208 g/mol. The normalized spacial score (nSPS) is 9.93. The summed E-state index contributed by atoms with van der Waals surface area (Å²) in [6.45, 7) is 8.30. The molecule has 0 atom stereocenters. The summed E-state index contributed by atoms with van der Waals surface area (Å²) < 4.78 is 0. The van der Waals surface area contributed by atoms with Gasteiger partial charge in [-0.15, -0.1) is 0 Å². The highest BCUT2D eigenvalue weighted by atomic mass is 16.3. The predicted molar refractivity (Wildman–Crippen MR) is 57.0 cm³/mol. The molecule has 80 valence electrons. The van der Waals surface area contributed by atoms with Gasteiger partial charge in [0.25, 0.3) is 0 Å². The second-order valence-corrected chi connectivity index (χ2v) is 3.21. The summed E-state index contributed by atoms with van der Waals surface area (Å²) in [5, 5.41) is 37.3. The van der Waals surface area contributed by atoms with E-state index in [4.69, 9.17) is 5.11 Å². The van der Waals surface area contributed by atoms with Crippen molar-refractivity contribution in [3.8, 4) is 17.2 Å². The van der Waals surface area contributed by atoms with Crippen LogP contribution in [0.15, 0.2) is 25.0 Å². The van der Waals surface area contributed by atoms with E-state index in [-0.39, 0.29) is 16.9 Å². The molecule has 1 rings (SSSR count). The van der Waals surface area contributed by atoms with Gasteiger partial charge in [-0.3, -0.25) is 0 Å². The third-order valence-electron chi connectivity index (χ3n) is 2.11. The summed E-state index contributed by atoms with van der Waals surface area (Å²) >= 11 is 0. The number of aromatic hydroxyl groups is 3. The molecule has 0 aliphatic rings. The Morgan fingerprint density at radius 2 is 1.60 bits per heavy atom. The maximum absolute atomic E-state index is 9.50. The number of benzene rings is 1. The van der Waals surface area contributed by atoms with E-state index in [1.807, 2.05) is 0 Å². The largest absolute Gasteiger partial charge is 0.508 e. The van der Waals surface area contributed by atoms with Gasteiger partial charge in [0.2, 0.25) is 5.75 Å². The molecule has 0 radical (unpaired) electrons. The van der Waals surface area contributed by atoms with Crippen LogP contribution >= 0.6 is 0 Å². The van der Waals surface area contributed by atoms with Crippen LogP contribution in [0.2, 0.25) is 0 Å². The fraction of sp³-hybridized carbons (Fsp3) is 0.0909. The van der Waals surface area contributed by atoms with Crippen LogP contribution in [0.25, 0.3) is 5.57 Å². The molecule has 0 heterocycles. The lowest BCUT2D eigenvalue weighted by Gasteiger charge is -2.11. The van der Waals surface area contributed by atoms with E-state index in [1.54, 1.807) is 6.92 Å². The Morgan fingerprint density at radius 1 is 1.07 bits per heavy atom. The summed E-state index contributed by atoms with van der Waals surface area (Å²) in [4.78, 5) is 0. The second kappa shape index (κ2) is 3.57. The van der Waals surface area contributed by atoms with Crippen molar-refractivity contribution >= 4 is 5.57 Å². The van der Waals surface area contributed by atoms with E-state index in [9.17, 15) is 15.3 Å². The highest BCUT2D eigenvalue weighted by Gasteiger charge is 2.17. The van der Waals surface area contributed by atoms with Crippen LogP contribution < -0.4 is 0 Å². The number of hydrogen-bond donors (Lipinski definition) is 4. The smallest absolute Gasteiger partial charge is 0.201 e. The second-order valence-electron chi connectivity index (χ2n) is 3.21. The number of aliphatic hydroxyl groups excluding tert-OH is 1. The van der Waals surface area contributed by atoms with Crippen LogP contribution in [-0.4, -0.2) is 20.4 Å². The minimum absolute atomic E-state index is 0.0888. The fourth-order valence-corrected chi connectivity index (χ4v) is 1.17. The molecule has 4 heteroatoms. The zero-order valence-corrected chi connectivity index (χ0v) is 8.28. The summed E-state index contributed by atoms with van der Waals surface area (Å²) in [5.41, 5.74) is 0.587. The zero-order chi connectivity index (χ0) is 11.7. The van der Waals surface area contributed by atoms with Gasteiger partial charge in [-0.2, -0.15) is 0 Å². The molecule has 0 unspecified atom stereocenters. The lowest BCUT2D eigenvalue weighted by Crippen LogP contribution is -1.89. The lowest BCUT2D eigenvalue weighted by molar-refractivity contribution is 0.365. The van der Waals surface area contributed by atoms with Crippen molar-refractivity contribution in [2.45, 2.75) is 6.92 Å². The maximum atomic E-state index is 9.50. The molecule has 0 spiro atoms. The van der Waals surface area contributed by atoms with Crippen molar-refractivity contribution in [2.24, 2.45) is 0 Å². The van der Waals surface area contributed by atoms with E-state index in [0.717, 1.165) is 0 Å². The molecule has 1 aromatic rings. The number of phenols is 3. The first-order chi connectivity index (χ1) is 6.86. The Hall–Kier alpha value is -2.10. The first-order valence-corrected chi connectivity index (χ1v) is 4.18. The van der Waals surface area contributed by atoms with Gasteiger partial charge in [0.15, 0.2) is 11.5 Å². The molecule has 0 aliphatic carbocycles. The van der Waals surface area contributed by atoms with E-state index in [0.29, 0.717) is 5.56 Å². The molecule has 0 amide bonds. The molecule has 0 aromatic heterocycles. The van der Waals surface area contributed by atoms with Crippen molar-refractivity contribution < 1.29 is 20.4 Å². The molecule has 0 saturated carbocycles. The topological polar surface area (TPSA) is 80.9 Å². The number of hydrogen-bond acceptors (Lipinski definition) is 4. The summed E-state index contributed by atoms with van der Waals surface area (Å²) in [5.74, 6) is -1.87. The van der Waals surface area contributed by atoms with E-state index >= 15 is 0 Å². The first-order valence-electron chi connectivity index (χ1n) is 4.18. The van der Waals surface area contributed by atoms with Gasteiger partial charge >= 0.3 is 0 Å². The van der Waals surface area contributed by atoms with Crippen molar-refractivity contribution in [1.29, 1.82) is 0 Å². The molecule has 15 heavy (non-hydrogen) atoms. The van der Waals surface area contributed by atoms with Gasteiger partial charge < -0.3 is 20.4 Å². The Morgan fingerprint density at radius 3 is 2.07 bits per heavy atom. The number of allylic oxidation sites excluding steroid dienone is 1. The molecule has 4 N–H and O–H groups in total. The third kappa shape index (κ3) is 1.74. The molecule has 0 fully saturated rings. The monoisotopic (exact) mass is 208 g/mol. The number of rotatable bonds is 2. The maximum Gasteiger partial charge on any atom is 0.201 e. The summed E-state index contributed by atoms with van der Waals surface area (Å²) in [6.07, 6.45) is 0. The Labute approximate surface area is 87.1 Å². The van der Waals surface area contributed by atoms with Crippen LogP contribution in [0.4, 0.5) is 0 Å². The van der Waals surface area contributed by atoms with Crippen molar-refractivity contribution in [3.05, 3.63) is 36.1 Å². The number of phenolic OH excluding ortho intramolecular Hbond substituents is 3. The van der Waals surface area contributed by atoms with E-state index in [2.05, 4.69) is 13.2 Å². The van der Waals surface area contributed by atoms with Crippen LogP contribution in [0, 0.1) is 6.92 Å². The first kappa shape index (κ1) is 11.0. The van der Waals surface area contributed by atoms with Gasteiger partial charge in [-0.25, -0.2) is 0 Å². The van der Waals surface area contributed by atoms with Crippen LogP contribution in [0.5, 0.6) is 17.2 Å². The standard InChI is InChI=1S/C11H12O4/c1-5-4-8(6(2)7(3)12)10(14)11(15)9(5)13/h4,12-15H,2-3H2,1H3. The van der Waals surface area contributed by atoms with Crippen molar-refractivity contribution in [1.82, 2.24) is 0 Å². The van der Waals surface area contributed by atoms with Crippen LogP contribution in [0.3, 0.4) is 0 Å². The zero-order valence-electron chi connectivity index (χ0n) is 8.28. The van der Waals surface area contributed by atoms with Gasteiger partial charge in [-0.1, -0.05) is 13.2 Å². The van der Waals surface area contributed by atoms with E-state index < -0.39 is 17.2 Å². The highest BCUT2D eigenvalue weighted by molar-refractivity contribution is 5.81. The molecular formula is C11H12O4. The van der Waals surface area contributed by atoms with Gasteiger partial charge in [0.05, 0.1) is 0 Å². The van der Waals surface area contributed by atoms with Crippen molar-refractivity contribution in [3.63, 3.8) is 0 Å².